The molecule has 2 atom stereocenters. The molecular formula is C20H21ClFNO2S. The highest BCUT2D eigenvalue weighted by Gasteiger charge is 2.19. The van der Waals surface area contributed by atoms with E-state index in [0.29, 0.717) is 35.1 Å². The summed E-state index contributed by atoms with van der Waals surface area (Å²) in [5.41, 5.74) is 1.24. The van der Waals surface area contributed by atoms with Crippen molar-refractivity contribution in [3.8, 4) is 0 Å². The summed E-state index contributed by atoms with van der Waals surface area (Å²) in [4.78, 5) is 12.8. The Hall–Kier alpha value is -1.56. The summed E-state index contributed by atoms with van der Waals surface area (Å²) in [6.45, 7) is 0. The van der Waals surface area contributed by atoms with Crippen molar-refractivity contribution >= 4 is 34.8 Å². The van der Waals surface area contributed by atoms with Gasteiger partial charge in [-0.3, -0.25) is 4.79 Å². The molecule has 1 fully saturated rings. The average Bonchev–Trinajstić information content (AvgIpc) is 2.82. The highest BCUT2D eigenvalue weighted by Crippen LogP contribution is 2.33. The second kappa shape index (κ2) is 8.89. The smallest absolute Gasteiger partial charge is 0.150 e. The maximum atomic E-state index is 13.2. The lowest BCUT2D eigenvalue weighted by atomic mass is 10.2. The van der Waals surface area contributed by atoms with Crippen molar-refractivity contribution in [1.29, 1.82) is 0 Å². The Labute approximate surface area is 161 Å². The Morgan fingerprint density at radius 3 is 2.88 bits per heavy atom. The minimum atomic E-state index is -0.937. The number of hydrogen-bond donors (Lipinski definition) is 2. The molecule has 3 rings (SSSR count). The zero-order valence-corrected chi connectivity index (χ0v) is 15.8. The molecular weight excluding hydrogens is 373 g/mol. The molecule has 0 aromatic heterocycles. The third kappa shape index (κ3) is 5.22. The first-order valence-corrected chi connectivity index (χ1v) is 9.95. The molecule has 138 valence electrons. The van der Waals surface area contributed by atoms with Gasteiger partial charge in [0.15, 0.2) is 6.23 Å². The number of aliphatic hydroxyl groups is 1. The van der Waals surface area contributed by atoms with Gasteiger partial charge < -0.3 is 10.4 Å². The van der Waals surface area contributed by atoms with Gasteiger partial charge in [0.2, 0.25) is 0 Å². The maximum Gasteiger partial charge on any atom is 0.150 e. The zero-order valence-electron chi connectivity index (χ0n) is 14.3. The van der Waals surface area contributed by atoms with E-state index in [1.165, 1.54) is 18.2 Å². The van der Waals surface area contributed by atoms with Crippen LogP contribution in [0.15, 0.2) is 47.4 Å². The number of carbonyl (C=O) groups excluding carboxylic acids is 1. The summed E-state index contributed by atoms with van der Waals surface area (Å²) in [6.07, 6.45) is 3.48. The normalized spacial score (nSPS) is 19.0. The van der Waals surface area contributed by atoms with Gasteiger partial charge in [-0.25, -0.2) is 4.39 Å². The van der Waals surface area contributed by atoms with E-state index in [2.05, 4.69) is 5.32 Å². The lowest BCUT2D eigenvalue weighted by Gasteiger charge is -2.17. The lowest BCUT2D eigenvalue weighted by Crippen LogP contribution is -2.10. The molecule has 6 heteroatoms. The predicted octanol–water partition coefficient (Wildman–Crippen LogP) is 5.58. The van der Waals surface area contributed by atoms with Crippen molar-refractivity contribution in [2.45, 2.75) is 48.5 Å². The Morgan fingerprint density at radius 1 is 1.23 bits per heavy atom. The molecule has 3 nitrogen and oxygen atoms in total. The van der Waals surface area contributed by atoms with Crippen LogP contribution < -0.4 is 5.32 Å². The third-order valence-electron chi connectivity index (χ3n) is 4.39. The standard InChI is InChI=1S/C20H21ClFNO2S/c21-18-11-14(8-9-19(18)22)23-20(25)13-4-3-7-16(10-13)26-17-6-2-1-5-15(24)12-17/h3-4,7-11,17,20,23,25H,1-2,5-6,12H2. The molecule has 2 unspecified atom stereocenters. The van der Waals surface area contributed by atoms with E-state index in [1.54, 1.807) is 11.8 Å². The SMILES string of the molecule is O=C1CCCCC(Sc2cccc(C(O)Nc3ccc(F)c(Cl)c3)c2)C1. The van der Waals surface area contributed by atoms with Crippen LogP contribution in [0.2, 0.25) is 5.02 Å². The van der Waals surface area contributed by atoms with Gasteiger partial charge in [-0.05, 0) is 43.2 Å². The summed E-state index contributed by atoms with van der Waals surface area (Å²) in [7, 11) is 0. The highest BCUT2D eigenvalue weighted by atomic mass is 35.5. The van der Waals surface area contributed by atoms with Gasteiger partial charge in [-0.1, -0.05) is 30.2 Å². The van der Waals surface area contributed by atoms with Crippen molar-refractivity contribution in [2.75, 3.05) is 5.32 Å². The molecule has 0 radical (unpaired) electrons. The van der Waals surface area contributed by atoms with E-state index in [0.717, 1.165) is 24.2 Å². The summed E-state index contributed by atoms with van der Waals surface area (Å²) >= 11 is 7.47. The van der Waals surface area contributed by atoms with Crippen molar-refractivity contribution in [3.05, 3.63) is 58.9 Å². The fourth-order valence-corrected chi connectivity index (χ4v) is 4.51. The minimum absolute atomic E-state index is 0.00420. The molecule has 0 amide bonds. The van der Waals surface area contributed by atoms with Gasteiger partial charge in [0.1, 0.15) is 11.6 Å². The number of rotatable bonds is 5. The van der Waals surface area contributed by atoms with Crippen LogP contribution in [0.5, 0.6) is 0 Å². The number of anilines is 1. The first-order chi connectivity index (χ1) is 12.5. The molecule has 0 heterocycles. The van der Waals surface area contributed by atoms with Crippen LogP contribution in [0.1, 0.15) is 43.9 Å². The van der Waals surface area contributed by atoms with Crippen molar-refractivity contribution in [2.24, 2.45) is 0 Å². The van der Waals surface area contributed by atoms with Crippen molar-refractivity contribution in [1.82, 2.24) is 0 Å². The number of Topliss-reactive ketones (excluding diaryl/α,β-unsaturated/α-hetero) is 1. The van der Waals surface area contributed by atoms with Gasteiger partial charge in [0.25, 0.3) is 0 Å². The molecule has 1 saturated carbocycles. The number of thioether (sulfide) groups is 1. The van der Waals surface area contributed by atoms with Crippen LogP contribution in [-0.2, 0) is 4.79 Å². The van der Waals surface area contributed by atoms with Crippen LogP contribution >= 0.6 is 23.4 Å². The molecule has 0 spiro atoms. The lowest BCUT2D eigenvalue weighted by molar-refractivity contribution is -0.118. The quantitative estimate of drug-likeness (QED) is 0.514. The largest absolute Gasteiger partial charge is 0.369 e. The fourth-order valence-electron chi connectivity index (χ4n) is 3.03. The third-order valence-corrected chi connectivity index (χ3v) is 5.94. The van der Waals surface area contributed by atoms with E-state index < -0.39 is 12.0 Å². The molecule has 2 aromatic rings. The second-order valence-corrected chi connectivity index (χ2v) is 8.26. The maximum absolute atomic E-state index is 13.2. The molecule has 26 heavy (non-hydrogen) atoms. The molecule has 0 bridgehead atoms. The fraction of sp³-hybridized carbons (Fsp3) is 0.350. The molecule has 1 aliphatic carbocycles. The molecule has 0 aliphatic heterocycles. The Kier molecular flexibility index (Phi) is 6.57. The number of halogens is 2. The predicted molar refractivity (Wildman–Crippen MR) is 104 cm³/mol. The van der Waals surface area contributed by atoms with E-state index >= 15 is 0 Å². The number of nitrogens with one attached hydrogen (secondary N) is 1. The Morgan fingerprint density at radius 2 is 2.08 bits per heavy atom. The van der Waals surface area contributed by atoms with E-state index in [4.69, 9.17) is 11.6 Å². The van der Waals surface area contributed by atoms with Gasteiger partial charge in [0, 0.05) is 34.2 Å². The van der Waals surface area contributed by atoms with Crippen molar-refractivity contribution < 1.29 is 14.3 Å². The Bertz CT molecular complexity index is 786. The van der Waals surface area contributed by atoms with Crippen molar-refractivity contribution in [3.63, 3.8) is 0 Å². The topological polar surface area (TPSA) is 49.3 Å². The highest BCUT2D eigenvalue weighted by molar-refractivity contribution is 8.00. The van der Waals surface area contributed by atoms with E-state index in [9.17, 15) is 14.3 Å². The average molecular weight is 394 g/mol. The summed E-state index contributed by atoms with van der Waals surface area (Å²) in [5, 5.41) is 13.7. The summed E-state index contributed by atoms with van der Waals surface area (Å²) in [5.74, 6) is -0.158. The Balaban J connectivity index is 1.67. The van der Waals surface area contributed by atoms with E-state index in [-0.39, 0.29) is 5.02 Å². The zero-order chi connectivity index (χ0) is 18.5. The number of benzene rings is 2. The van der Waals surface area contributed by atoms with Crippen LogP contribution in [-0.4, -0.2) is 16.1 Å². The monoisotopic (exact) mass is 393 g/mol. The summed E-state index contributed by atoms with van der Waals surface area (Å²) < 4.78 is 13.2. The molecule has 1 aliphatic rings. The first kappa shape index (κ1) is 19.2. The number of carbonyl (C=O) groups is 1. The van der Waals surface area contributed by atoms with Gasteiger partial charge >= 0.3 is 0 Å². The minimum Gasteiger partial charge on any atom is -0.369 e. The van der Waals surface area contributed by atoms with Crippen LogP contribution in [0.4, 0.5) is 10.1 Å². The first-order valence-electron chi connectivity index (χ1n) is 8.69. The second-order valence-electron chi connectivity index (χ2n) is 6.48. The number of ketones is 1. The van der Waals surface area contributed by atoms with Gasteiger partial charge in [-0.15, -0.1) is 11.8 Å². The number of aliphatic hydroxyl groups excluding tert-OH is 1. The van der Waals surface area contributed by atoms with Gasteiger partial charge in [0.05, 0.1) is 5.02 Å². The van der Waals surface area contributed by atoms with E-state index in [1.807, 2.05) is 24.3 Å². The molecule has 2 N–H and O–H groups in total. The van der Waals surface area contributed by atoms with Crippen LogP contribution in [0.25, 0.3) is 0 Å². The van der Waals surface area contributed by atoms with Crippen LogP contribution in [0.3, 0.4) is 0 Å². The molecule has 2 aromatic carbocycles. The van der Waals surface area contributed by atoms with Crippen LogP contribution in [0, 0.1) is 5.82 Å². The summed E-state index contributed by atoms with van der Waals surface area (Å²) in [6, 6.07) is 11.8. The number of hydrogen-bond acceptors (Lipinski definition) is 4. The molecule has 0 saturated heterocycles. The van der Waals surface area contributed by atoms with Gasteiger partial charge in [-0.2, -0.15) is 0 Å².